The first-order chi connectivity index (χ1) is 21.0. The number of benzene rings is 1. The summed E-state index contributed by atoms with van der Waals surface area (Å²) in [6.45, 7) is 0.113. The van der Waals surface area contributed by atoms with Crippen molar-refractivity contribution in [1.29, 1.82) is 0 Å². The van der Waals surface area contributed by atoms with Crippen LogP contribution >= 0.6 is 0 Å². The van der Waals surface area contributed by atoms with Gasteiger partial charge in [-0.05, 0) is 44.2 Å². The zero-order chi connectivity index (χ0) is 32.5. The smallest absolute Gasteiger partial charge is 0.305 e. The highest BCUT2D eigenvalue weighted by Crippen LogP contribution is 2.09. The average Bonchev–Trinajstić information content (AvgIpc) is 2.99. The molecule has 2 rings (SSSR count). The minimum Gasteiger partial charge on any atom is -0.481 e. The number of carbonyl (C=O) groups is 6. The van der Waals surface area contributed by atoms with Gasteiger partial charge in [-0.1, -0.05) is 30.3 Å². The number of nitrogens with two attached hydrogens (primary N) is 2. The lowest BCUT2D eigenvalue weighted by molar-refractivity contribution is -0.141. The van der Waals surface area contributed by atoms with Crippen molar-refractivity contribution < 1.29 is 33.9 Å². The molecule has 16 heteroatoms. The zero-order valence-corrected chi connectivity index (χ0v) is 24.8. The van der Waals surface area contributed by atoms with Gasteiger partial charge in [-0.25, -0.2) is 0 Å². The summed E-state index contributed by atoms with van der Waals surface area (Å²) in [7, 11) is 1.51. The molecule has 0 unspecified atom stereocenters. The third kappa shape index (κ3) is 12.6. The number of carboxylic acids is 1. The second kappa shape index (κ2) is 18.7. The van der Waals surface area contributed by atoms with E-state index in [-0.39, 0.29) is 25.2 Å². The number of hydrogen-bond donors (Lipinski definition) is 9. The third-order valence-corrected chi connectivity index (χ3v) is 6.80. The highest BCUT2D eigenvalue weighted by Gasteiger charge is 2.33. The molecule has 0 radical (unpaired) electrons. The first-order valence-corrected chi connectivity index (χ1v) is 14.4. The van der Waals surface area contributed by atoms with Crippen LogP contribution < -0.4 is 43.4 Å². The molecular formula is C28H43N9O7. The number of unbranched alkanes of at least 4 members (excludes halogenated alkanes) is 1. The lowest BCUT2D eigenvalue weighted by Gasteiger charge is -2.26. The third-order valence-electron chi connectivity index (χ3n) is 6.80. The average molecular weight is 618 g/mol. The maximum atomic E-state index is 13.6. The Hall–Kier alpha value is -4.73. The van der Waals surface area contributed by atoms with Crippen LogP contribution in [0.4, 0.5) is 0 Å². The zero-order valence-electron chi connectivity index (χ0n) is 24.8. The van der Waals surface area contributed by atoms with E-state index in [1.54, 1.807) is 30.3 Å². The van der Waals surface area contributed by atoms with Gasteiger partial charge in [-0.2, -0.15) is 0 Å². The number of hydrogen-bond acceptors (Lipinski definition) is 8. The maximum Gasteiger partial charge on any atom is 0.305 e. The standard InChI is InChI=1S/C28H43N9O7/c1-31-28(30)32-13-7-11-18-24(41)33-16-22(38)34-21(15-23(39)40)27(44)37-20(14-17-8-3-2-4-9-17)26(43)36-19(25(42)35-18)10-5-6-12-29/h2-4,8-9,18-21H,5-7,10-16,29H2,1H3,(H,33,41)(H,34,38)(H,35,42)(H,36,43)(H,37,44)(H,39,40)(H3,30,31,32)/t18-,19-,20+,21-/m0/s1. The molecule has 0 aromatic heterocycles. The predicted molar refractivity (Wildman–Crippen MR) is 161 cm³/mol. The Balaban J connectivity index is 2.42. The predicted octanol–water partition coefficient (Wildman–Crippen LogP) is -2.78. The lowest BCUT2D eigenvalue weighted by Crippen LogP contribution is -2.58. The quantitative estimate of drug-likeness (QED) is 0.0662. The van der Waals surface area contributed by atoms with E-state index in [0.29, 0.717) is 37.9 Å². The minimum absolute atomic E-state index is 0.0170. The maximum absolute atomic E-state index is 13.6. The molecular weight excluding hydrogens is 574 g/mol. The van der Waals surface area contributed by atoms with E-state index < -0.39 is 72.6 Å². The molecule has 242 valence electrons. The number of amides is 5. The van der Waals surface area contributed by atoms with Gasteiger partial charge in [0.2, 0.25) is 29.5 Å². The number of guanidine groups is 1. The molecule has 1 heterocycles. The monoisotopic (exact) mass is 617 g/mol. The molecule has 11 N–H and O–H groups in total. The summed E-state index contributed by atoms with van der Waals surface area (Å²) in [6, 6.07) is 3.83. The van der Waals surface area contributed by atoms with Crippen LogP contribution in [0.2, 0.25) is 0 Å². The topological polar surface area (TPSA) is 259 Å². The van der Waals surface area contributed by atoms with E-state index in [4.69, 9.17) is 11.5 Å². The molecule has 1 aliphatic heterocycles. The van der Waals surface area contributed by atoms with Crippen molar-refractivity contribution in [3.63, 3.8) is 0 Å². The van der Waals surface area contributed by atoms with E-state index in [9.17, 15) is 33.9 Å². The molecule has 1 fully saturated rings. The Labute approximate surface area is 255 Å². The summed E-state index contributed by atoms with van der Waals surface area (Å²) >= 11 is 0. The Kier molecular flexibility index (Phi) is 15.1. The fourth-order valence-corrected chi connectivity index (χ4v) is 4.43. The van der Waals surface area contributed by atoms with Crippen LogP contribution in [0.15, 0.2) is 35.3 Å². The van der Waals surface area contributed by atoms with Crippen LogP contribution in [0.3, 0.4) is 0 Å². The van der Waals surface area contributed by atoms with Crippen molar-refractivity contribution in [1.82, 2.24) is 31.9 Å². The lowest BCUT2D eigenvalue weighted by atomic mass is 10.0. The van der Waals surface area contributed by atoms with Gasteiger partial charge in [0.05, 0.1) is 13.0 Å². The van der Waals surface area contributed by atoms with E-state index >= 15 is 0 Å². The molecule has 1 aromatic rings. The molecule has 16 nitrogen and oxygen atoms in total. The number of aliphatic carboxylic acids is 1. The van der Waals surface area contributed by atoms with Crippen LogP contribution in [0.5, 0.6) is 0 Å². The van der Waals surface area contributed by atoms with Gasteiger partial charge in [0.25, 0.3) is 0 Å². The van der Waals surface area contributed by atoms with Crippen LogP contribution in [0.25, 0.3) is 0 Å². The molecule has 0 spiro atoms. The number of rotatable bonds is 12. The molecule has 4 atom stereocenters. The number of nitrogens with one attached hydrogen (secondary N) is 6. The van der Waals surface area contributed by atoms with Crippen molar-refractivity contribution >= 4 is 41.5 Å². The highest BCUT2D eigenvalue weighted by atomic mass is 16.4. The van der Waals surface area contributed by atoms with E-state index in [2.05, 4.69) is 36.9 Å². The van der Waals surface area contributed by atoms with Gasteiger partial charge in [0.15, 0.2) is 5.96 Å². The fourth-order valence-electron chi connectivity index (χ4n) is 4.43. The van der Waals surface area contributed by atoms with Crippen LogP contribution in [-0.4, -0.2) is 97.4 Å². The summed E-state index contributed by atoms with van der Waals surface area (Å²) in [5.74, 6) is -4.94. The highest BCUT2D eigenvalue weighted by molar-refractivity contribution is 5.98. The Bertz CT molecular complexity index is 1180. The number of carboxylic acid groups (broad SMARTS) is 1. The largest absolute Gasteiger partial charge is 0.481 e. The van der Waals surface area contributed by atoms with Crippen molar-refractivity contribution in [2.45, 2.75) is 69.1 Å². The van der Waals surface area contributed by atoms with Gasteiger partial charge in [-0.3, -0.25) is 33.8 Å². The van der Waals surface area contributed by atoms with Gasteiger partial charge >= 0.3 is 5.97 Å². The normalized spacial score (nSPS) is 22.3. The number of nitrogens with zero attached hydrogens (tertiary/aromatic N) is 1. The first kappa shape index (κ1) is 35.5. The molecule has 0 saturated carbocycles. The van der Waals surface area contributed by atoms with Crippen molar-refractivity contribution in [3.05, 3.63) is 35.9 Å². The summed E-state index contributed by atoms with van der Waals surface area (Å²) in [5.41, 5.74) is 12.0. The Morgan fingerprint density at radius 3 is 2.09 bits per heavy atom. The Morgan fingerprint density at radius 1 is 0.864 bits per heavy atom. The molecule has 44 heavy (non-hydrogen) atoms. The summed E-state index contributed by atoms with van der Waals surface area (Å²) < 4.78 is 0. The van der Waals surface area contributed by atoms with Crippen molar-refractivity contribution in [3.8, 4) is 0 Å². The molecule has 5 amide bonds. The molecule has 1 aromatic carbocycles. The SMILES string of the molecule is CN=C(N)NCCC[C@@H]1NC(=O)[C@H](CCCCN)NC(=O)[C@@H](Cc2ccccc2)NC(=O)[C@H](CC(=O)O)NC(=O)CNC1=O. The van der Waals surface area contributed by atoms with Gasteiger partial charge in [0, 0.05) is 20.0 Å². The van der Waals surface area contributed by atoms with E-state index in [1.165, 1.54) is 7.05 Å². The molecule has 0 bridgehead atoms. The van der Waals surface area contributed by atoms with E-state index in [1.807, 2.05) is 0 Å². The van der Waals surface area contributed by atoms with Gasteiger partial charge in [-0.15, -0.1) is 0 Å². The van der Waals surface area contributed by atoms with Gasteiger partial charge < -0.3 is 48.5 Å². The number of carbonyl (C=O) groups excluding carboxylic acids is 5. The van der Waals surface area contributed by atoms with E-state index in [0.717, 1.165) is 0 Å². The van der Waals surface area contributed by atoms with Gasteiger partial charge in [0.1, 0.15) is 24.2 Å². The molecule has 0 aliphatic carbocycles. The fraction of sp³-hybridized carbons (Fsp3) is 0.536. The number of aliphatic imine (C=N–C) groups is 1. The second-order valence-corrected chi connectivity index (χ2v) is 10.3. The first-order valence-electron chi connectivity index (χ1n) is 14.4. The summed E-state index contributed by atoms with van der Waals surface area (Å²) in [4.78, 5) is 81.3. The van der Waals surface area contributed by atoms with Crippen molar-refractivity contribution in [2.75, 3.05) is 26.7 Å². The summed E-state index contributed by atoms with van der Waals surface area (Å²) in [6.07, 6.45) is 1.02. The van der Waals surface area contributed by atoms with Crippen molar-refractivity contribution in [2.24, 2.45) is 16.5 Å². The second-order valence-electron chi connectivity index (χ2n) is 10.3. The molecule has 1 aliphatic rings. The minimum atomic E-state index is -1.54. The van der Waals surface area contributed by atoms with Crippen LogP contribution in [0, 0.1) is 0 Å². The summed E-state index contributed by atoms with van der Waals surface area (Å²) in [5, 5.41) is 24.9. The molecule has 1 saturated heterocycles. The van der Waals surface area contributed by atoms with Crippen LogP contribution in [-0.2, 0) is 35.2 Å². The van der Waals surface area contributed by atoms with Crippen LogP contribution in [0.1, 0.15) is 44.1 Å². The Morgan fingerprint density at radius 2 is 1.45 bits per heavy atom.